The quantitative estimate of drug-likeness (QED) is 0.792. The van der Waals surface area contributed by atoms with E-state index in [1.165, 1.54) is 13.2 Å². The first-order valence-corrected chi connectivity index (χ1v) is 5.17. The Balaban J connectivity index is 3.28. The maximum absolute atomic E-state index is 12.5. The first kappa shape index (κ1) is 11.7. The van der Waals surface area contributed by atoms with Gasteiger partial charge in [0.2, 0.25) is 5.88 Å². The van der Waals surface area contributed by atoms with Gasteiger partial charge in [-0.15, -0.1) is 0 Å². The van der Waals surface area contributed by atoms with Crippen LogP contribution in [0.4, 0.5) is 8.78 Å². The fourth-order valence-corrected chi connectivity index (χ4v) is 1.96. The van der Waals surface area contributed by atoms with Gasteiger partial charge in [-0.25, -0.2) is 13.8 Å². The third-order valence-electron chi connectivity index (χ3n) is 1.63. The van der Waals surface area contributed by atoms with Gasteiger partial charge in [0, 0.05) is 17.0 Å². The molecule has 0 aromatic carbocycles. The van der Waals surface area contributed by atoms with Crippen LogP contribution in [-0.2, 0) is 5.33 Å². The molecule has 0 aliphatic rings. The molecule has 0 amide bonds. The van der Waals surface area contributed by atoms with Gasteiger partial charge in [0.05, 0.1) is 12.1 Å². The lowest BCUT2D eigenvalue weighted by Gasteiger charge is -2.09. The average Bonchev–Trinajstić information content (AvgIpc) is 2.16. The van der Waals surface area contributed by atoms with Crippen molar-refractivity contribution in [3.8, 4) is 5.88 Å². The molecule has 0 spiro atoms. The number of pyridine rings is 1. The standard InChI is InChI=1S/C8H7BrClF2NO/c1-14-6-2-5(10)4(3-9)7(13-6)8(11)12/h2,8H,3H2,1H3. The third-order valence-corrected chi connectivity index (χ3v) is 2.53. The summed E-state index contributed by atoms with van der Waals surface area (Å²) in [5.74, 6) is 0.0926. The van der Waals surface area contributed by atoms with Crippen LogP contribution in [0, 0.1) is 0 Å². The summed E-state index contributed by atoms with van der Waals surface area (Å²) >= 11 is 8.85. The van der Waals surface area contributed by atoms with Gasteiger partial charge in [-0.3, -0.25) is 0 Å². The van der Waals surface area contributed by atoms with E-state index >= 15 is 0 Å². The zero-order valence-electron chi connectivity index (χ0n) is 7.23. The van der Waals surface area contributed by atoms with Crippen LogP contribution in [0.15, 0.2) is 6.07 Å². The number of nitrogens with zero attached hydrogens (tertiary/aromatic N) is 1. The number of methoxy groups -OCH3 is 1. The van der Waals surface area contributed by atoms with Crippen molar-refractivity contribution < 1.29 is 13.5 Å². The van der Waals surface area contributed by atoms with Crippen LogP contribution in [0.5, 0.6) is 5.88 Å². The van der Waals surface area contributed by atoms with E-state index in [1.807, 2.05) is 0 Å². The molecular formula is C8H7BrClF2NO. The van der Waals surface area contributed by atoms with Crippen molar-refractivity contribution in [2.24, 2.45) is 0 Å². The molecule has 14 heavy (non-hydrogen) atoms. The van der Waals surface area contributed by atoms with E-state index in [0.29, 0.717) is 5.56 Å². The van der Waals surface area contributed by atoms with Crippen molar-refractivity contribution in [2.75, 3.05) is 7.11 Å². The first-order chi connectivity index (χ1) is 6.60. The van der Waals surface area contributed by atoms with Gasteiger partial charge in [-0.05, 0) is 0 Å². The molecule has 2 nitrogen and oxygen atoms in total. The minimum Gasteiger partial charge on any atom is -0.481 e. The second kappa shape index (κ2) is 4.89. The predicted octanol–water partition coefficient (Wildman–Crippen LogP) is 3.58. The Morgan fingerprint density at radius 1 is 1.64 bits per heavy atom. The van der Waals surface area contributed by atoms with Crippen molar-refractivity contribution in [1.29, 1.82) is 0 Å². The smallest absolute Gasteiger partial charge is 0.280 e. The molecule has 1 rings (SSSR count). The average molecular weight is 287 g/mol. The van der Waals surface area contributed by atoms with Gasteiger partial charge in [0.25, 0.3) is 6.43 Å². The summed E-state index contributed by atoms with van der Waals surface area (Å²) in [6.07, 6.45) is -2.66. The van der Waals surface area contributed by atoms with E-state index in [0.717, 1.165) is 0 Å². The largest absolute Gasteiger partial charge is 0.481 e. The number of rotatable bonds is 3. The van der Waals surface area contributed by atoms with E-state index in [2.05, 4.69) is 20.9 Å². The lowest BCUT2D eigenvalue weighted by atomic mass is 10.2. The predicted molar refractivity (Wildman–Crippen MR) is 53.4 cm³/mol. The Kier molecular flexibility index (Phi) is 4.07. The monoisotopic (exact) mass is 285 g/mol. The normalized spacial score (nSPS) is 10.7. The van der Waals surface area contributed by atoms with E-state index < -0.39 is 6.43 Å². The van der Waals surface area contributed by atoms with Crippen LogP contribution in [0.25, 0.3) is 0 Å². The number of alkyl halides is 3. The Morgan fingerprint density at radius 2 is 2.29 bits per heavy atom. The summed E-state index contributed by atoms with van der Waals surface area (Å²) in [4.78, 5) is 3.64. The summed E-state index contributed by atoms with van der Waals surface area (Å²) in [7, 11) is 1.35. The van der Waals surface area contributed by atoms with E-state index in [4.69, 9.17) is 16.3 Å². The molecule has 0 radical (unpaired) electrons. The molecule has 0 aliphatic heterocycles. The molecule has 0 aliphatic carbocycles. The van der Waals surface area contributed by atoms with Gasteiger partial charge < -0.3 is 4.74 Å². The van der Waals surface area contributed by atoms with E-state index in [-0.39, 0.29) is 21.9 Å². The van der Waals surface area contributed by atoms with Crippen LogP contribution in [0.3, 0.4) is 0 Å². The zero-order valence-corrected chi connectivity index (χ0v) is 9.57. The van der Waals surface area contributed by atoms with Crippen molar-refractivity contribution in [2.45, 2.75) is 11.8 Å². The molecule has 0 fully saturated rings. The number of ether oxygens (including phenoxy) is 1. The number of aromatic nitrogens is 1. The summed E-state index contributed by atoms with van der Waals surface area (Å²) in [6, 6.07) is 1.41. The molecule has 78 valence electrons. The van der Waals surface area contributed by atoms with Crippen molar-refractivity contribution >= 4 is 27.5 Å². The maximum atomic E-state index is 12.5. The third kappa shape index (κ3) is 2.33. The number of halogens is 4. The fraction of sp³-hybridized carbons (Fsp3) is 0.375. The molecular weight excluding hydrogens is 279 g/mol. The molecule has 1 heterocycles. The van der Waals surface area contributed by atoms with Crippen molar-refractivity contribution in [1.82, 2.24) is 4.98 Å². The maximum Gasteiger partial charge on any atom is 0.280 e. The molecule has 6 heteroatoms. The Bertz CT molecular complexity index is 335. The molecule has 0 atom stereocenters. The lowest BCUT2D eigenvalue weighted by Crippen LogP contribution is -2.00. The second-order valence-electron chi connectivity index (χ2n) is 2.44. The van der Waals surface area contributed by atoms with E-state index in [9.17, 15) is 8.78 Å². The van der Waals surface area contributed by atoms with Crippen molar-refractivity contribution in [3.05, 3.63) is 22.3 Å². The molecule has 0 bridgehead atoms. The summed E-state index contributed by atoms with van der Waals surface area (Å²) in [5.41, 5.74) is -0.0475. The molecule has 0 unspecified atom stereocenters. The van der Waals surface area contributed by atoms with Gasteiger partial charge in [-0.1, -0.05) is 27.5 Å². The SMILES string of the molecule is COc1cc(Cl)c(CBr)c(C(F)F)n1. The summed E-state index contributed by atoms with van der Waals surface area (Å²) < 4.78 is 29.8. The second-order valence-corrected chi connectivity index (χ2v) is 3.41. The van der Waals surface area contributed by atoms with E-state index in [1.54, 1.807) is 0 Å². The Hall–Kier alpha value is -0.420. The number of hydrogen-bond donors (Lipinski definition) is 0. The Morgan fingerprint density at radius 3 is 2.71 bits per heavy atom. The highest BCUT2D eigenvalue weighted by atomic mass is 79.9. The van der Waals surface area contributed by atoms with Crippen molar-refractivity contribution in [3.63, 3.8) is 0 Å². The fourth-order valence-electron chi connectivity index (χ4n) is 0.954. The molecule has 0 saturated carbocycles. The van der Waals surface area contributed by atoms with Gasteiger partial charge in [0.15, 0.2) is 0 Å². The topological polar surface area (TPSA) is 22.1 Å². The highest BCUT2D eigenvalue weighted by Crippen LogP contribution is 2.31. The molecule has 0 N–H and O–H groups in total. The minimum absolute atomic E-state index is 0.0926. The van der Waals surface area contributed by atoms with Crippen LogP contribution < -0.4 is 4.74 Å². The molecule has 0 saturated heterocycles. The summed E-state index contributed by atoms with van der Waals surface area (Å²) in [6.45, 7) is 0. The van der Waals surface area contributed by atoms with Crippen LogP contribution in [-0.4, -0.2) is 12.1 Å². The highest BCUT2D eigenvalue weighted by Gasteiger charge is 2.18. The lowest BCUT2D eigenvalue weighted by molar-refractivity contribution is 0.144. The minimum atomic E-state index is -2.66. The van der Waals surface area contributed by atoms with Gasteiger partial charge in [-0.2, -0.15) is 0 Å². The molecule has 1 aromatic heterocycles. The van der Waals surface area contributed by atoms with Crippen LogP contribution >= 0.6 is 27.5 Å². The van der Waals surface area contributed by atoms with Crippen LogP contribution in [0.2, 0.25) is 5.02 Å². The molecule has 1 aromatic rings. The van der Waals surface area contributed by atoms with Crippen LogP contribution in [0.1, 0.15) is 17.7 Å². The number of hydrogen-bond acceptors (Lipinski definition) is 2. The summed E-state index contributed by atoms with van der Waals surface area (Å²) in [5, 5.41) is 0.465. The van der Waals surface area contributed by atoms with Gasteiger partial charge >= 0.3 is 0 Å². The first-order valence-electron chi connectivity index (χ1n) is 3.67. The zero-order chi connectivity index (χ0) is 10.7. The van der Waals surface area contributed by atoms with Gasteiger partial charge in [0.1, 0.15) is 5.69 Å². The highest BCUT2D eigenvalue weighted by molar-refractivity contribution is 9.08. The Labute approximate surface area is 93.4 Å².